The maximum Gasteiger partial charge on any atom is 0.164 e. The summed E-state index contributed by atoms with van der Waals surface area (Å²) in [6.45, 7) is 9.33. The van der Waals surface area contributed by atoms with Gasteiger partial charge in [-0.1, -0.05) is 446 Å². The van der Waals surface area contributed by atoms with Gasteiger partial charge in [0.1, 0.15) is 5.82 Å². The lowest BCUT2D eigenvalue weighted by molar-refractivity contribution is 0.660. The normalized spacial score (nSPS) is 13.3. The standard InChI is InChI=1S/C51H41N3.C45H29N5.C38H24N4/c1-50(2)43-16-10-8-14-39(43)41-28-26-37(30-45(41)50)32-18-22-35(23-19-32)48-52-47(34-12-6-5-7-13-34)53-49(54-48)36-24-20-33(21-25-36)38-27-29-42-40-15-9-11-17-44(40)51(3,4)46(42)31-38;1-2-8-30(9-3-1)31-16-22-36(23-17-31)43-48-44(37-24-18-32(19-25-37)39-14-4-10-34-12-6-28-46-41(34)39)50-45(49-43)38-26-20-33(21-27-38)40-15-5-11-35-13-7-29-47-42(35)40;1-3-9-30-23-32(20-14-25(30)7-1)37-40-36(41-38(42-37)33-21-15-26-8-2-4-10-31(26)24-33)29-18-16-27(17-19-29)34-13-5-11-28-12-6-22-39-35(28)34/h5-12,14-31,34H,13H2,1-4H3;1-29H;1-24H. The van der Waals surface area contributed by atoms with Crippen LogP contribution in [0.5, 0.6) is 0 Å². The molecular formula is C134H94N12. The van der Waals surface area contributed by atoms with Crippen molar-refractivity contribution in [3.63, 3.8) is 0 Å². The second-order valence-electron chi connectivity index (χ2n) is 38.6. The quantitative estimate of drug-likeness (QED) is 0.0959. The molecule has 1 unspecified atom stereocenters. The van der Waals surface area contributed by atoms with E-state index in [1.54, 1.807) is 0 Å². The van der Waals surface area contributed by atoms with Gasteiger partial charge in [-0.2, -0.15) is 0 Å². The molecule has 6 heterocycles. The summed E-state index contributed by atoms with van der Waals surface area (Å²) >= 11 is 0. The monoisotopic (exact) mass is 1870 g/mol. The first-order valence-corrected chi connectivity index (χ1v) is 49.6. The summed E-state index contributed by atoms with van der Waals surface area (Å²) in [4.78, 5) is 59.2. The number of nitrogens with zero attached hydrogens (tertiary/aromatic N) is 12. The van der Waals surface area contributed by atoms with Crippen LogP contribution in [0.4, 0.5) is 0 Å². The van der Waals surface area contributed by atoms with Crippen molar-refractivity contribution >= 4 is 54.3 Å². The molecule has 146 heavy (non-hydrogen) atoms. The minimum atomic E-state index is -0.0366. The van der Waals surface area contributed by atoms with Gasteiger partial charge in [-0.05, 0) is 165 Å². The van der Waals surface area contributed by atoms with Crippen LogP contribution in [-0.2, 0) is 10.8 Å². The molecule has 0 saturated carbocycles. The lowest BCUT2D eigenvalue weighted by Crippen LogP contribution is -2.14. The van der Waals surface area contributed by atoms with Gasteiger partial charge in [0.05, 0.1) is 16.6 Å². The van der Waals surface area contributed by atoms with E-state index in [9.17, 15) is 0 Å². The van der Waals surface area contributed by atoms with E-state index >= 15 is 0 Å². The van der Waals surface area contributed by atoms with Gasteiger partial charge in [0.2, 0.25) is 0 Å². The molecule has 0 N–H and O–H groups in total. The highest BCUT2D eigenvalue weighted by Crippen LogP contribution is 2.52. The van der Waals surface area contributed by atoms with Crippen molar-refractivity contribution in [3.05, 3.63) is 508 Å². The molecule has 18 aromatic carbocycles. The number of hydrogen-bond donors (Lipinski definition) is 0. The molecule has 6 aromatic heterocycles. The van der Waals surface area contributed by atoms with Gasteiger partial charge in [-0.15, -0.1) is 0 Å². The molecule has 0 aliphatic heterocycles. The lowest BCUT2D eigenvalue weighted by Gasteiger charge is -2.22. The third kappa shape index (κ3) is 17.1. The second-order valence-corrected chi connectivity index (χ2v) is 38.6. The number of allylic oxidation sites excluding steroid dienone is 4. The highest BCUT2D eigenvalue weighted by molar-refractivity contribution is 5.98. The Labute approximate surface area is 846 Å². The van der Waals surface area contributed by atoms with Gasteiger partial charge in [0, 0.05) is 113 Å². The maximum atomic E-state index is 5.09. The predicted molar refractivity (Wildman–Crippen MR) is 597 cm³/mol. The average molecular weight is 1870 g/mol. The van der Waals surface area contributed by atoms with E-state index in [1.807, 2.05) is 42.9 Å². The molecule has 0 spiro atoms. The van der Waals surface area contributed by atoms with Crippen molar-refractivity contribution in [2.75, 3.05) is 0 Å². The molecule has 1 atom stereocenters. The second kappa shape index (κ2) is 37.7. The van der Waals surface area contributed by atoms with E-state index < -0.39 is 0 Å². The highest BCUT2D eigenvalue weighted by Gasteiger charge is 2.37. The Hall–Kier alpha value is -18.8. The molecule has 0 bridgehead atoms. The Balaban J connectivity index is 0.000000115. The van der Waals surface area contributed by atoms with Gasteiger partial charge in [0.15, 0.2) is 46.6 Å². The molecule has 0 amide bonds. The van der Waals surface area contributed by atoms with Crippen LogP contribution in [-0.4, -0.2) is 59.8 Å². The van der Waals surface area contributed by atoms with Gasteiger partial charge in [-0.3, -0.25) is 15.0 Å². The van der Waals surface area contributed by atoms with E-state index in [2.05, 4.69) is 479 Å². The largest absolute Gasteiger partial charge is 0.256 e. The van der Waals surface area contributed by atoms with E-state index in [0.29, 0.717) is 46.6 Å². The van der Waals surface area contributed by atoms with Crippen molar-refractivity contribution < 1.29 is 0 Å². The number of pyridine rings is 3. The van der Waals surface area contributed by atoms with Crippen LogP contribution in [0.1, 0.15) is 68.1 Å². The minimum Gasteiger partial charge on any atom is -0.256 e. The molecule has 3 aliphatic carbocycles. The van der Waals surface area contributed by atoms with Gasteiger partial charge < -0.3 is 0 Å². The Kier molecular flexibility index (Phi) is 22.9. The third-order valence-electron chi connectivity index (χ3n) is 28.9. The van der Waals surface area contributed by atoms with Crippen molar-refractivity contribution in [1.82, 2.24) is 59.8 Å². The molecule has 690 valence electrons. The number of hydrogen-bond acceptors (Lipinski definition) is 12. The minimum absolute atomic E-state index is 0.0366. The molecule has 0 fully saturated rings. The molecule has 3 aliphatic rings. The van der Waals surface area contributed by atoms with Crippen molar-refractivity contribution in [3.8, 4) is 180 Å². The van der Waals surface area contributed by atoms with Crippen LogP contribution in [0.25, 0.3) is 234 Å². The smallest absolute Gasteiger partial charge is 0.164 e. The predicted octanol–water partition coefficient (Wildman–Crippen LogP) is 33.1. The topological polar surface area (TPSA) is 155 Å². The van der Waals surface area contributed by atoms with Gasteiger partial charge in [-0.25, -0.2) is 44.9 Å². The first kappa shape index (κ1) is 88.6. The van der Waals surface area contributed by atoms with Crippen LogP contribution < -0.4 is 0 Å². The van der Waals surface area contributed by atoms with Crippen LogP contribution in [0.15, 0.2) is 480 Å². The molecule has 12 nitrogen and oxygen atoms in total. The SMILES string of the molecule is CC1(C)c2ccccc2-c2ccc(-c3ccc(-c4nc(-c5ccc(-c6ccc7c(c6)C(C)(C)c6ccccc6-7)cc5)nc(C5C=CC=CC5)n4)cc3)cc21.c1ccc(-c2ccc(-c3nc(-c4ccc(-c5cccc6cccnc56)cc4)nc(-c4ccc(-c5cccc6cccnc56)cc4)n3)cc2)cc1.c1ccc2cc(-c3nc(-c4ccc(-c5cccc6cccnc56)cc4)nc(-c4ccc5ccccc5c4)n3)ccc2c1. The summed E-state index contributed by atoms with van der Waals surface area (Å²) < 4.78 is 0. The van der Waals surface area contributed by atoms with E-state index in [-0.39, 0.29) is 16.7 Å². The zero-order valence-electron chi connectivity index (χ0n) is 80.8. The lowest BCUT2D eigenvalue weighted by atomic mass is 9.81. The number of aromatic nitrogens is 12. The summed E-state index contributed by atoms with van der Waals surface area (Å²) in [6.07, 6.45) is 14.9. The molecular weight excluding hydrogens is 1780 g/mol. The summed E-state index contributed by atoms with van der Waals surface area (Å²) in [7, 11) is 0. The summed E-state index contributed by atoms with van der Waals surface area (Å²) in [5.74, 6) is 6.07. The zero-order valence-corrected chi connectivity index (χ0v) is 80.8. The fourth-order valence-corrected chi connectivity index (χ4v) is 21.0. The van der Waals surface area contributed by atoms with E-state index in [1.165, 1.54) is 83.1 Å². The van der Waals surface area contributed by atoms with Crippen LogP contribution in [0.3, 0.4) is 0 Å². The van der Waals surface area contributed by atoms with Gasteiger partial charge >= 0.3 is 0 Å². The molecule has 12 heteroatoms. The summed E-state index contributed by atoms with van der Waals surface area (Å²) in [6, 6.07) is 153. The number of benzene rings is 18. The number of para-hydroxylation sites is 3. The van der Waals surface area contributed by atoms with Crippen LogP contribution in [0.2, 0.25) is 0 Å². The van der Waals surface area contributed by atoms with Crippen LogP contribution in [0, 0.1) is 0 Å². The molecule has 24 aromatic rings. The van der Waals surface area contributed by atoms with E-state index in [4.69, 9.17) is 44.9 Å². The Morgan fingerprint density at radius 1 is 0.185 bits per heavy atom. The third-order valence-corrected chi connectivity index (χ3v) is 28.9. The van der Waals surface area contributed by atoms with E-state index in [0.717, 1.165) is 139 Å². The number of rotatable bonds is 15. The molecule has 27 rings (SSSR count). The van der Waals surface area contributed by atoms with Gasteiger partial charge in [0.25, 0.3) is 0 Å². The zero-order chi connectivity index (χ0) is 97.8. The summed E-state index contributed by atoms with van der Waals surface area (Å²) in [5, 5.41) is 8.02. The first-order valence-electron chi connectivity index (χ1n) is 49.6. The average Bonchev–Trinajstić information content (AvgIpc) is 1.58. The van der Waals surface area contributed by atoms with Crippen molar-refractivity contribution in [2.24, 2.45) is 0 Å². The maximum absolute atomic E-state index is 5.09. The van der Waals surface area contributed by atoms with Crippen LogP contribution >= 0.6 is 0 Å². The molecule has 0 saturated heterocycles. The summed E-state index contributed by atoms with van der Waals surface area (Å²) in [5.41, 5.74) is 35.0. The Morgan fingerprint density at radius 3 is 0.815 bits per heavy atom. The fourth-order valence-electron chi connectivity index (χ4n) is 21.0. The Morgan fingerprint density at radius 2 is 0.452 bits per heavy atom. The number of fused-ring (bicyclic) bond motifs is 11. The fraction of sp³-hybridized carbons (Fsp3) is 0.0597. The highest BCUT2D eigenvalue weighted by atomic mass is 15.1. The first-order chi connectivity index (χ1) is 71.8. The molecule has 0 radical (unpaired) electrons. The van der Waals surface area contributed by atoms with Crippen molar-refractivity contribution in [1.29, 1.82) is 0 Å². The Bertz CT molecular complexity index is 8820. The van der Waals surface area contributed by atoms with Crippen molar-refractivity contribution in [2.45, 2.75) is 50.9 Å².